The van der Waals surface area contributed by atoms with Gasteiger partial charge in [0.1, 0.15) is 13.8 Å². The molecule has 0 atom stereocenters. The molecule has 0 saturated heterocycles. The molecule has 0 saturated carbocycles. The lowest BCUT2D eigenvalue weighted by molar-refractivity contribution is 0.375. The molecule has 0 aromatic heterocycles. The molecule has 78 valence electrons. The molecule has 0 heterocycles. The van der Waals surface area contributed by atoms with E-state index in [2.05, 4.69) is 35.7 Å². The molecule has 1 rings (SSSR count). The van der Waals surface area contributed by atoms with Crippen molar-refractivity contribution in [2.45, 2.75) is 13.1 Å². The molecule has 0 aliphatic heterocycles. The molecule has 0 N–H and O–H groups in total. The van der Waals surface area contributed by atoms with Gasteiger partial charge in [0.15, 0.2) is 0 Å². The van der Waals surface area contributed by atoms with E-state index >= 15 is 0 Å². The van der Waals surface area contributed by atoms with Crippen LogP contribution in [-0.4, -0.2) is 19.8 Å². The zero-order valence-electron chi connectivity index (χ0n) is 8.39. The van der Waals surface area contributed by atoms with Crippen molar-refractivity contribution in [3.8, 4) is 5.75 Å². The molecule has 1 aromatic rings. The Balaban J connectivity index is 2.58. The lowest BCUT2D eigenvalue weighted by Crippen LogP contribution is -2.37. The van der Waals surface area contributed by atoms with Gasteiger partial charge in [-0.3, -0.25) is 0 Å². The summed E-state index contributed by atoms with van der Waals surface area (Å²) in [6, 6.07) is 8.05. The third-order valence-electron chi connectivity index (χ3n) is 1.82. The summed E-state index contributed by atoms with van der Waals surface area (Å²) in [6.07, 6.45) is 0.788. The minimum Gasteiger partial charge on any atom is -0.496 e. The molecule has 1 nitrogen and oxygen atoms in total. The van der Waals surface area contributed by atoms with Gasteiger partial charge in [-0.05, 0) is 34.7 Å². The third kappa shape index (κ3) is 3.79. The van der Waals surface area contributed by atoms with E-state index in [4.69, 9.17) is 16.3 Å². The molecular formula is C10H14ClIOSi. The van der Waals surface area contributed by atoms with Crippen molar-refractivity contribution in [2.24, 2.45) is 0 Å². The van der Waals surface area contributed by atoms with Crippen LogP contribution in [0, 0.1) is 3.57 Å². The van der Waals surface area contributed by atoms with Crippen molar-refractivity contribution in [3.05, 3.63) is 27.8 Å². The first kappa shape index (κ1) is 12.3. The van der Waals surface area contributed by atoms with Gasteiger partial charge in [0.25, 0.3) is 0 Å². The monoisotopic (exact) mass is 340 g/mol. The van der Waals surface area contributed by atoms with Crippen LogP contribution < -0.4 is 4.74 Å². The maximum Gasteiger partial charge on any atom is 0.132 e. The first-order chi connectivity index (χ1) is 6.55. The first-order valence-electron chi connectivity index (χ1n) is 4.48. The van der Waals surface area contributed by atoms with Crippen LogP contribution in [-0.2, 0) is 0 Å². The van der Waals surface area contributed by atoms with E-state index in [1.165, 1.54) is 0 Å². The topological polar surface area (TPSA) is 9.23 Å². The van der Waals surface area contributed by atoms with Gasteiger partial charge in [0.05, 0.1) is 9.80 Å². The molecular weight excluding hydrogens is 327 g/mol. The highest BCUT2D eigenvalue weighted by molar-refractivity contribution is 14.1. The number of rotatable bonds is 4. The van der Waals surface area contributed by atoms with Crippen molar-refractivity contribution in [3.63, 3.8) is 0 Å². The van der Waals surface area contributed by atoms with Gasteiger partial charge >= 0.3 is 0 Å². The number of hydrogen-bond acceptors (Lipinski definition) is 1. The van der Waals surface area contributed by atoms with Gasteiger partial charge in [-0.2, -0.15) is 0 Å². The molecule has 0 radical (unpaired) electrons. The Labute approximate surface area is 105 Å². The highest BCUT2D eigenvalue weighted by Gasteiger charge is 2.20. The van der Waals surface area contributed by atoms with Gasteiger partial charge in [-0.25, -0.2) is 0 Å². The molecule has 0 aliphatic rings. The van der Waals surface area contributed by atoms with Gasteiger partial charge in [-0.15, -0.1) is 11.6 Å². The standard InChI is InChI=1S/C10H14ClIOSi/c1-14(2,7-11)8-13-10-6-4-3-5-9(10)12/h3-6H,7-8H2,1-2H3. The van der Waals surface area contributed by atoms with E-state index in [1.807, 2.05) is 24.3 Å². The van der Waals surface area contributed by atoms with E-state index < -0.39 is 8.07 Å². The Hall–Kier alpha value is 0.257. The summed E-state index contributed by atoms with van der Waals surface area (Å²) in [4.78, 5) is 0. The van der Waals surface area contributed by atoms with E-state index in [9.17, 15) is 0 Å². The fourth-order valence-electron chi connectivity index (χ4n) is 0.873. The highest BCUT2D eigenvalue weighted by atomic mass is 127. The van der Waals surface area contributed by atoms with Crippen LogP contribution >= 0.6 is 34.2 Å². The largest absolute Gasteiger partial charge is 0.496 e. The van der Waals surface area contributed by atoms with Gasteiger partial charge in [0, 0.05) is 5.50 Å². The molecule has 14 heavy (non-hydrogen) atoms. The first-order valence-corrected chi connectivity index (χ1v) is 9.51. The van der Waals surface area contributed by atoms with E-state index in [-0.39, 0.29) is 0 Å². The molecule has 0 bridgehead atoms. The fraction of sp³-hybridized carbons (Fsp3) is 0.400. The van der Waals surface area contributed by atoms with Crippen LogP contribution in [0.2, 0.25) is 13.1 Å². The Bertz CT molecular complexity index is 304. The van der Waals surface area contributed by atoms with Gasteiger partial charge in [-0.1, -0.05) is 25.2 Å². The van der Waals surface area contributed by atoms with Crippen molar-refractivity contribution in [1.29, 1.82) is 0 Å². The van der Waals surface area contributed by atoms with Crippen molar-refractivity contribution in [1.82, 2.24) is 0 Å². The molecule has 0 aliphatic carbocycles. The van der Waals surface area contributed by atoms with Crippen molar-refractivity contribution >= 4 is 42.3 Å². The number of hydrogen-bond donors (Lipinski definition) is 0. The Morgan fingerprint density at radius 3 is 2.57 bits per heavy atom. The number of alkyl halides is 1. The van der Waals surface area contributed by atoms with Crippen LogP contribution in [0.1, 0.15) is 0 Å². The molecule has 0 spiro atoms. The quantitative estimate of drug-likeness (QED) is 0.461. The molecule has 0 fully saturated rings. The summed E-state index contributed by atoms with van der Waals surface area (Å²) in [5.74, 6) is 0.971. The second kappa shape index (κ2) is 5.37. The van der Waals surface area contributed by atoms with E-state index in [1.54, 1.807) is 0 Å². The molecule has 0 amide bonds. The van der Waals surface area contributed by atoms with Crippen molar-refractivity contribution in [2.75, 3.05) is 11.7 Å². The molecule has 0 unspecified atom stereocenters. The summed E-state index contributed by atoms with van der Waals surface area (Å²) in [5, 5.41) is 0. The van der Waals surface area contributed by atoms with Gasteiger partial charge < -0.3 is 4.74 Å². The predicted molar refractivity (Wildman–Crippen MR) is 72.9 cm³/mol. The smallest absolute Gasteiger partial charge is 0.132 e. The summed E-state index contributed by atoms with van der Waals surface area (Å²) < 4.78 is 6.92. The van der Waals surface area contributed by atoms with Crippen molar-refractivity contribution < 1.29 is 4.74 Å². The van der Waals surface area contributed by atoms with Crippen LogP contribution in [0.25, 0.3) is 0 Å². The zero-order valence-corrected chi connectivity index (χ0v) is 12.3. The van der Waals surface area contributed by atoms with E-state index in [0.29, 0.717) is 0 Å². The fourth-order valence-corrected chi connectivity index (χ4v) is 2.27. The average molecular weight is 341 g/mol. The second-order valence-corrected chi connectivity index (χ2v) is 10.9. The summed E-state index contributed by atoms with van der Waals surface area (Å²) in [7, 11) is -1.34. The normalized spacial score (nSPS) is 11.4. The number of ether oxygens (including phenoxy) is 1. The number of benzene rings is 1. The predicted octanol–water partition coefficient (Wildman–Crippen LogP) is 3.70. The Morgan fingerprint density at radius 1 is 1.36 bits per heavy atom. The van der Waals surface area contributed by atoms with Crippen LogP contribution in [0.4, 0.5) is 0 Å². The molecule has 1 aromatic carbocycles. The zero-order chi connectivity index (χ0) is 10.6. The lowest BCUT2D eigenvalue weighted by atomic mass is 10.3. The average Bonchev–Trinajstić information content (AvgIpc) is 2.17. The van der Waals surface area contributed by atoms with Crippen LogP contribution in [0.5, 0.6) is 5.75 Å². The van der Waals surface area contributed by atoms with E-state index in [0.717, 1.165) is 21.1 Å². The maximum absolute atomic E-state index is 5.88. The second-order valence-electron chi connectivity index (χ2n) is 4.02. The SMILES string of the molecule is C[Si](C)(CCl)COc1ccccc1I. The Kier molecular flexibility index (Phi) is 4.73. The minimum absolute atomic E-state index is 0.746. The van der Waals surface area contributed by atoms with Crippen LogP contribution in [0.3, 0.4) is 0 Å². The third-order valence-corrected chi connectivity index (χ3v) is 6.53. The maximum atomic E-state index is 5.88. The molecule has 4 heteroatoms. The summed E-state index contributed by atoms with van der Waals surface area (Å²) >= 11 is 8.16. The van der Waals surface area contributed by atoms with Crippen LogP contribution in [0.15, 0.2) is 24.3 Å². The number of halogens is 2. The van der Waals surface area contributed by atoms with Gasteiger partial charge in [0.2, 0.25) is 0 Å². The summed E-state index contributed by atoms with van der Waals surface area (Å²) in [6.45, 7) is 4.46. The lowest BCUT2D eigenvalue weighted by Gasteiger charge is -2.19. The summed E-state index contributed by atoms with van der Waals surface area (Å²) in [5.41, 5.74) is 0.746. The minimum atomic E-state index is -1.34. The Morgan fingerprint density at radius 2 is 2.00 bits per heavy atom. The number of para-hydroxylation sites is 1. The highest BCUT2D eigenvalue weighted by Crippen LogP contribution is 2.20.